The number of benzene rings is 2. The Kier molecular flexibility index (Phi) is 7.32. The van der Waals surface area contributed by atoms with Crippen molar-refractivity contribution < 1.29 is 17.9 Å². The fourth-order valence-electron chi connectivity index (χ4n) is 3.84. The summed E-state index contributed by atoms with van der Waals surface area (Å²) in [6.45, 7) is 9.34. The van der Waals surface area contributed by atoms with Gasteiger partial charge in [0.25, 0.3) is 0 Å². The Hall–Kier alpha value is -1.96. The minimum atomic E-state index is -3.88. The minimum Gasteiger partial charge on any atom is -0.457 e. The molecule has 2 aromatic rings. The van der Waals surface area contributed by atoms with Crippen molar-refractivity contribution in [2.75, 3.05) is 0 Å². The fourth-order valence-corrected chi connectivity index (χ4v) is 5.87. The van der Waals surface area contributed by atoms with Gasteiger partial charge in [0, 0.05) is 10.5 Å². The second-order valence-corrected chi connectivity index (χ2v) is 11.8. The van der Waals surface area contributed by atoms with Gasteiger partial charge in [0.2, 0.25) is 10.0 Å². The summed E-state index contributed by atoms with van der Waals surface area (Å²) in [5, 5.41) is 0. The van der Waals surface area contributed by atoms with Crippen molar-refractivity contribution in [3.8, 4) is 0 Å². The summed E-state index contributed by atoms with van der Waals surface area (Å²) < 4.78 is 35.8. The standard InChI is InChI=1S/C25H30BrNO4S/c1-6-7-20-16-22(24(28)31-25(3,4)5)23(18-10-12-19(26)13-11-18)27(20)32(29,30)21-14-8-17(2)9-15-21/h8-16,20,23H,6-7H2,1-5H3/t20-,23+/m1/s1. The van der Waals surface area contributed by atoms with Crippen molar-refractivity contribution >= 4 is 31.9 Å². The van der Waals surface area contributed by atoms with Crippen molar-refractivity contribution in [2.45, 2.75) is 70.0 Å². The van der Waals surface area contributed by atoms with E-state index in [2.05, 4.69) is 15.9 Å². The lowest BCUT2D eigenvalue weighted by molar-refractivity contribution is -0.150. The first-order valence-electron chi connectivity index (χ1n) is 10.7. The maximum atomic E-state index is 13.9. The number of carbonyl (C=O) groups is 1. The monoisotopic (exact) mass is 519 g/mol. The highest BCUT2D eigenvalue weighted by molar-refractivity contribution is 9.10. The lowest BCUT2D eigenvalue weighted by atomic mass is 10.0. The molecule has 0 saturated carbocycles. The Morgan fingerprint density at radius 3 is 2.19 bits per heavy atom. The molecule has 0 bridgehead atoms. The molecule has 1 aliphatic rings. The number of halogens is 1. The Morgan fingerprint density at radius 1 is 1.06 bits per heavy atom. The maximum Gasteiger partial charge on any atom is 0.336 e. The van der Waals surface area contributed by atoms with E-state index in [0.29, 0.717) is 12.0 Å². The van der Waals surface area contributed by atoms with E-state index in [9.17, 15) is 13.2 Å². The number of esters is 1. The van der Waals surface area contributed by atoms with Crippen LogP contribution in [0.2, 0.25) is 0 Å². The molecular formula is C25H30BrNO4S. The molecule has 5 nitrogen and oxygen atoms in total. The highest BCUT2D eigenvalue weighted by Crippen LogP contribution is 2.43. The third-order valence-electron chi connectivity index (χ3n) is 5.25. The van der Waals surface area contributed by atoms with Gasteiger partial charge in [0.1, 0.15) is 5.60 Å². The summed E-state index contributed by atoms with van der Waals surface area (Å²) >= 11 is 3.43. The molecule has 2 aromatic carbocycles. The van der Waals surface area contributed by atoms with E-state index in [-0.39, 0.29) is 4.90 Å². The van der Waals surface area contributed by atoms with Gasteiger partial charge < -0.3 is 4.74 Å². The van der Waals surface area contributed by atoms with Gasteiger partial charge in [-0.15, -0.1) is 0 Å². The number of carbonyl (C=O) groups excluding carboxylic acids is 1. The van der Waals surface area contributed by atoms with Crippen LogP contribution in [0.4, 0.5) is 0 Å². The van der Waals surface area contributed by atoms with Gasteiger partial charge in [-0.25, -0.2) is 13.2 Å². The first-order chi connectivity index (χ1) is 14.9. The van der Waals surface area contributed by atoms with Crippen LogP contribution in [0, 0.1) is 6.92 Å². The van der Waals surface area contributed by atoms with Gasteiger partial charge >= 0.3 is 5.97 Å². The summed E-state index contributed by atoms with van der Waals surface area (Å²) in [6.07, 6.45) is 3.15. The number of ether oxygens (including phenoxy) is 1. The molecule has 32 heavy (non-hydrogen) atoms. The fraction of sp³-hybridized carbons (Fsp3) is 0.400. The van der Waals surface area contributed by atoms with Gasteiger partial charge in [-0.2, -0.15) is 4.31 Å². The summed E-state index contributed by atoms with van der Waals surface area (Å²) in [5.41, 5.74) is 1.37. The number of sulfonamides is 1. The molecule has 0 aromatic heterocycles. The maximum absolute atomic E-state index is 13.9. The average molecular weight is 520 g/mol. The van der Waals surface area contributed by atoms with Crippen LogP contribution < -0.4 is 0 Å². The molecule has 172 valence electrons. The second kappa shape index (κ2) is 9.49. The summed E-state index contributed by atoms with van der Waals surface area (Å²) in [6, 6.07) is 13.0. The van der Waals surface area contributed by atoms with E-state index < -0.39 is 33.7 Å². The zero-order chi connectivity index (χ0) is 23.7. The summed E-state index contributed by atoms with van der Waals surface area (Å²) in [5.74, 6) is -0.492. The van der Waals surface area contributed by atoms with Crippen LogP contribution in [-0.4, -0.2) is 30.3 Å². The zero-order valence-corrected chi connectivity index (χ0v) is 21.5. The van der Waals surface area contributed by atoms with Crippen molar-refractivity contribution in [3.63, 3.8) is 0 Å². The van der Waals surface area contributed by atoms with E-state index in [1.807, 2.05) is 38.1 Å². The third-order valence-corrected chi connectivity index (χ3v) is 7.68. The average Bonchev–Trinajstić information content (AvgIpc) is 3.08. The van der Waals surface area contributed by atoms with Gasteiger partial charge in [0.05, 0.1) is 16.5 Å². The molecule has 0 saturated heterocycles. The predicted molar refractivity (Wildman–Crippen MR) is 130 cm³/mol. The van der Waals surface area contributed by atoms with Crippen molar-refractivity contribution in [1.82, 2.24) is 4.31 Å². The normalized spacial score (nSPS) is 19.6. The molecule has 1 heterocycles. The topological polar surface area (TPSA) is 63.7 Å². The van der Waals surface area contributed by atoms with Gasteiger partial charge in [-0.05, 0) is 63.9 Å². The largest absolute Gasteiger partial charge is 0.457 e. The molecule has 0 unspecified atom stereocenters. The Bertz CT molecular complexity index is 1100. The second-order valence-electron chi connectivity index (χ2n) is 9.08. The van der Waals surface area contributed by atoms with E-state index in [1.54, 1.807) is 51.1 Å². The van der Waals surface area contributed by atoms with Crippen LogP contribution in [0.25, 0.3) is 0 Å². The van der Waals surface area contributed by atoms with Crippen molar-refractivity contribution in [3.05, 3.63) is 75.8 Å². The molecular weight excluding hydrogens is 490 g/mol. The minimum absolute atomic E-state index is 0.213. The molecule has 0 aliphatic carbocycles. The van der Waals surface area contributed by atoms with E-state index in [1.165, 1.54) is 4.31 Å². The lowest BCUT2D eigenvalue weighted by Crippen LogP contribution is -2.39. The molecule has 0 fully saturated rings. The Morgan fingerprint density at radius 2 is 1.66 bits per heavy atom. The molecule has 0 N–H and O–H groups in total. The van der Waals surface area contributed by atoms with Crippen molar-refractivity contribution in [1.29, 1.82) is 0 Å². The highest BCUT2D eigenvalue weighted by atomic mass is 79.9. The quantitative estimate of drug-likeness (QED) is 0.443. The predicted octanol–water partition coefficient (Wildman–Crippen LogP) is 5.94. The van der Waals surface area contributed by atoms with Gasteiger partial charge in [0.15, 0.2) is 0 Å². The van der Waals surface area contributed by atoms with Gasteiger partial charge in [-0.1, -0.05) is 65.2 Å². The third kappa shape index (κ3) is 5.33. The SMILES string of the molecule is CCC[C@@H]1C=C(C(=O)OC(C)(C)C)[C@H](c2ccc(Br)cc2)N1S(=O)(=O)c1ccc(C)cc1. The highest BCUT2D eigenvalue weighted by Gasteiger charge is 2.46. The molecule has 0 radical (unpaired) electrons. The van der Waals surface area contributed by atoms with Gasteiger partial charge in [-0.3, -0.25) is 0 Å². The van der Waals surface area contributed by atoms with E-state index in [0.717, 1.165) is 22.0 Å². The van der Waals surface area contributed by atoms with Crippen LogP contribution in [0.1, 0.15) is 57.7 Å². The number of hydrogen-bond donors (Lipinski definition) is 0. The van der Waals surface area contributed by atoms with Crippen LogP contribution in [0.15, 0.2) is 69.5 Å². The molecule has 0 amide bonds. The Labute approximate surface area is 199 Å². The molecule has 1 aliphatic heterocycles. The Balaban J connectivity index is 2.16. The zero-order valence-electron chi connectivity index (χ0n) is 19.1. The smallest absolute Gasteiger partial charge is 0.336 e. The van der Waals surface area contributed by atoms with Crippen LogP contribution in [0.5, 0.6) is 0 Å². The van der Waals surface area contributed by atoms with E-state index in [4.69, 9.17) is 4.74 Å². The molecule has 0 spiro atoms. The summed E-state index contributed by atoms with van der Waals surface area (Å²) in [7, 11) is -3.88. The first-order valence-corrected chi connectivity index (χ1v) is 13.0. The lowest BCUT2D eigenvalue weighted by Gasteiger charge is -2.31. The van der Waals surface area contributed by atoms with E-state index >= 15 is 0 Å². The molecule has 2 atom stereocenters. The molecule has 3 rings (SSSR count). The van der Waals surface area contributed by atoms with Crippen LogP contribution in [0.3, 0.4) is 0 Å². The van der Waals surface area contributed by atoms with Crippen LogP contribution >= 0.6 is 15.9 Å². The van der Waals surface area contributed by atoms with Crippen LogP contribution in [-0.2, 0) is 19.6 Å². The number of hydrogen-bond acceptors (Lipinski definition) is 4. The number of rotatable bonds is 6. The summed E-state index contributed by atoms with van der Waals surface area (Å²) in [4.78, 5) is 13.4. The number of nitrogens with zero attached hydrogens (tertiary/aromatic N) is 1. The number of aryl methyl sites for hydroxylation is 1. The molecule has 7 heteroatoms. The first kappa shape index (κ1) is 24.7. The van der Waals surface area contributed by atoms with Crippen molar-refractivity contribution in [2.24, 2.45) is 0 Å².